The van der Waals surface area contributed by atoms with E-state index in [1.54, 1.807) is 31.0 Å². The van der Waals surface area contributed by atoms with Crippen LogP contribution in [0.2, 0.25) is 0 Å². The van der Waals surface area contributed by atoms with Gasteiger partial charge in [0.25, 0.3) is 0 Å². The number of rotatable bonds is 6. The second kappa shape index (κ2) is 9.09. The van der Waals surface area contributed by atoms with Gasteiger partial charge in [0.2, 0.25) is 0 Å². The summed E-state index contributed by atoms with van der Waals surface area (Å²) in [6, 6.07) is 5.64. The molecule has 38 heavy (non-hydrogen) atoms. The molecule has 0 amide bonds. The Kier molecular flexibility index (Phi) is 5.70. The minimum Gasteiger partial charge on any atom is -0.385 e. The van der Waals surface area contributed by atoms with Crippen molar-refractivity contribution in [1.82, 2.24) is 29.7 Å². The van der Waals surface area contributed by atoms with Gasteiger partial charge in [0.1, 0.15) is 11.6 Å². The van der Waals surface area contributed by atoms with Crippen molar-refractivity contribution >= 4 is 5.69 Å². The Bertz CT molecular complexity index is 1640. The SMILES string of the molecule is CCNc1cc(F)cc2c1Cc1ncc(-c3cncc(Cc4ncc[nH]4)c3)c(-n3ccc(C(F)(F)F)n3)c1-2. The number of nitrogens with zero attached hydrogens (tertiary/aromatic N) is 5. The van der Waals surface area contributed by atoms with Crippen LogP contribution in [-0.2, 0) is 19.0 Å². The van der Waals surface area contributed by atoms with Crippen LogP contribution in [0.1, 0.15) is 35.3 Å². The molecule has 5 aromatic rings. The number of benzene rings is 1. The molecule has 0 radical (unpaired) electrons. The average Bonchev–Trinajstić information content (AvgIpc) is 3.64. The van der Waals surface area contributed by atoms with Crippen molar-refractivity contribution in [1.29, 1.82) is 0 Å². The van der Waals surface area contributed by atoms with Crippen LogP contribution in [0, 0.1) is 5.82 Å². The Balaban J connectivity index is 1.57. The number of alkyl halides is 3. The molecule has 4 heterocycles. The van der Waals surface area contributed by atoms with Gasteiger partial charge >= 0.3 is 6.18 Å². The maximum absolute atomic E-state index is 14.7. The van der Waals surface area contributed by atoms with E-state index in [0.717, 1.165) is 23.0 Å². The summed E-state index contributed by atoms with van der Waals surface area (Å²) in [7, 11) is 0. The first-order chi connectivity index (χ1) is 18.3. The fraction of sp³-hybridized carbons (Fsp3) is 0.185. The van der Waals surface area contributed by atoms with E-state index in [0.29, 0.717) is 58.7 Å². The highest BCUT2D eigenvalue weighted by atomic mass is 19.4. The number of aromatic amines is 1. The lowest BCUT2D eigenvalue weighted by Gasteiger charge is -2.16. The fourth-order valence-corrected chi connectivity index (χ4v) is 4.89. The van der Waals surface area contributed by atoms with E-state index in [9.17, 15) is 17.6 Å². The quantitative estimate of drug-likeness (QED) is 0.272. The summed E-state index contributed by atoms with van der Waals surface area (Å²) < 4.78 is 56.5. The summed E-state index contributed by atoms with van der Waals surface area (Å²) >= 11 is 0. The zero-order chi connectivity index (χ0) is 26.4. The molecule has 192 valence electrons. The van der Waals surface area contributed by atoms with Crippen LogP contribution in [0.3, 0.4) is 0 Å². The van der Waals surface area contributed by atoms with Gasteiger partial charge in [-0.3, -0.25) is 9.97 Å². The van der Waals surface area contributed by atoms with Crippen molar-refractivity contribution in [2.45, 2.75) is 25.9 Å². The third-order valence-electron chi connectivity index (χ3n) is 6.47. The van der Waals surface area contributed by atoms with Gasteiger partial charge in [0.05, 0.1) is 11.4 Å². The zero-order valence-corrected chi connectivity index (χ0v) is 20.1. The average molecular weight is 520 g/mol. The molecular formula is C27H21F4N7. The number of pyridine rings is 2. The number of imidazole rings is 1. The number of fused-ring (bicyclic) bond motifs is 3. The molecule has 0 saturated heterocycles. The molecule has 4 aromatic heterocycles. The predicted octanol–water partition coefficient (Wildman–Crippen LogP) is 5.80. The smallest absolute Gasteiger partial charge is 0.385 e. The maximum Gasteiger partial charge on any atom is 0.435 e. The van der Waals surface area contributed by atoms with Gasteiger partial charge in [-0.25, -0.2) is 14.1 Å². The molecule has 0 saturated carbocycles. The third kappa shape index (κ3) is 4.19. The lowest BCUT2D eigenvalue weighted by Crippen LogP contribution is -2.09. The largest absolute Gasteiger partial charge is 0.435 e. The zero-order valence-electron chi connectivity index (χ0n) is 20.1. The van der Waals surface area contributed by atoms with Gasteiger partial charge in [0, 0.05) is 78.9 Å². The van der Waals surface area contributed by atoms with Gasteiger partial charge < -0.3 is 10.3 Å². The van der Waals surface area contributed by atoms with Gasteiger partial charge in [-0.05, 0) is 47.9 Å². The molecule has 0 unspecified atom stereocenters. The molecule has 6 rings (SSSR count). The van der Waals surface area contributed by atoms with E-state index < -0.39 is 17.7 Å². The van der Waals surface area contributed by atoms with E-state index in [1.165, 1.54) is 23.0 Å². The number of aromatic nitrogens is 6. The summed E-state index contributed by atoms with van der Waals surface area (Å²) in [6.45, 7) is 2.49. The van der Waals surface area contributed by atoms with Crippen molar-refractivity contribution in [2.75, 3.05) is 11.9 Å². The summed E-state index contributed by atoms with van der Waals surface area (Å²) in [5.41, 5.74) is 4.59. The number of anilines is 1. The van der Waals surface area contributed by atoms with E-state index in [4.69, 9.17) is 0 Å². The predicted molar refractivity (Wildman–Crippen MR) is 133 cm³/mol. The lowest BCUT2D eigenvalue weighted by atomic mass is 9.98. The minimum atomic E-state index is -4.62. The van der Waals surface area contributed by atoms with Gasteiger partial charge in [-0.2, -0.15) is 18.3 Å². The van der Waals surface area contributed by atoms with Crippen LogP contribution in [0.4, 0.5) is 23.2 Å². The first-order valence-corrected chi connectivity index (χ1v) is 12.0. The molecule has 11 heteroatoms. The third-order valence-corrected chi connectivity index (χ3v) is 6.47. The van der Waals surface area contributed by atoms with Crippen molar-refractivity contribution in [3.63, 3.8) is 0 Å². The number of hydrogen-bond acceptors (Lipinski definition) is 5. The molecule has 0 fully saturated rings. The Morgan fingerprint density at radius 2 is 1.95 bits per heavy atom. The number of hydrogen-bond donors (Lipinski definition) is 2. The number of halogens is 4. The number of H-pyrrole nitrogens is 1. The van der Waals surface area contributed by atoms with Crippen molar-refractivity contribution in [3.05, 3.63) is 95.6 Å². The second-order valence-corrected chi connectivity index (χ2v) is 8.97. The number of nitrogens with one attached hydrogen (secondary N) is 2. The van der Waals surface area contributed by atoms with Crippen molar-refractivity contribution in [3.8, 4) is 27.9 Å². The normalized spacial score (nSPS) is 12.4. The summed E-state index contributed by atoms with van der Waals surface area (Å²) in [4.78, 5) is 16.3. The maximum atomic E-state index is 14.7. The standard InChI is InChI=1S/C27H21F4N7/c1-2-33-21-10-17(28)9-19-18(21)11-22-25(19)26(38-6-3-23(37-38)27(29,30)31)20(14-36-22)16-7-15(12-32-13-16)8-24-34-4-5-35-24/h3-7,9-10,12-14,33H,2,8,11H2,1H3,(H,34,35). The van der Waals surface area contributed by atoms with Crippen LogP contribution in [0.25, 0.3) is 27.9 Å². The fourth-order valence-electron chi connectivity index (χ4n) is 4.89. The van der Waals surface area contributed by atoms with Gasteiger partial charge in [0.15, 0.2) is 5.69 Å². The Morgan fingerprint density at radius 1 is 1.08 bits per heavy atom. The van der Waals surface area contributed by atoms with Crippen LogP contribution in [0.5, 0.6) is 0 Å². The Hall–Kier alpha value is -4.54. The first-order valence-electron chi connectivity index (χ1n) is 12.0. The first kappa shape index (κ1) is 23.8. The van der Waals surface area contributed by atoms with E-state index in [1.807, 2.05) is 13.0 Å². The Labute approximate surface area is 214 Å². The van der Waals surface area contributed by atoms with Crippen molar-refractivity contribution < 1.29 is 17.6 Å². The van der Waals surface area contributed by atoms with Crippen LogP contribution >= 0.6 is 0 Å². The summed E-state index contributed by atoms with van der Waals surface area (Å²) in [6.07, 6.45) is 5.87. The van der Waals surface area contributed by atoms with Crippen molar-refractivity contribution in [2.24, 2.45) is 0 Å². The van der Waals surface area contributed by atoms with Crippen LogP contribution in [0.15, 0.2) is 61.4 Å². The molecule has 0 spiro atoms. The topological polar surface area (TPSA) is 84.3 Å². The molecular weight excluding hydrogens is 498 g/mol. The van der Waals surface area contributed by atoms with E-state index in [2.05, 4.69) is 30.4 Å². The highest BCUT2D eigenvalue weighted by Crippen LogP contribution is 2.46. The Morgan fingerprint density at radius 3 is 2.68 bits per heavy atom. The van der Waals surface area contributed by atoms with Crippen LogP contribution in [-0.4, -0.2) is 36.3 Å². The van der Waals surface area contributed by atoms with Crippen LogP contribution < -0.4 is 5.32 Å². The molecule has 7 nitrogen and oxygen atoms in total. The van der Waals surface area contributed by atoms with Gasteiger partial charge in [-0.1, -0.05) is 0 Å². The highest BCUT2D eigenvalue weighted by molar-refractivity contribution is 5.91. The van der Waals surface area contributed by atoms with E-state index in [-0.39, 0.29) is 0 Å². The summed E-state index contributed by atoms with van der Waals surface area (Å²) in [5.74, 6) is 0.293. The summed E-state index contributed by atoms with van der Waals surface area (Å²) in [5, 5.41) is 7.06. The van der Waals surface area contributed by atoms with Gasteiger partial charge in [-0.15, -0.1) is 0 Å². The van der Waals surface area contributed by atoms with E-state index >= 15 is 0 Å². The molecule has 0 aliphatic heterocycles. The molecule has 1 aliphatic carbocycles. The molecule has 0 bridgehead atoms. The minimum absolute atomic E-state index is 0.384. The highest BCUT2D eigenvalue weighted by Gasteiger charge is 2.35. The second-order valence-electron chi connectivity index (χ2n) is 8.97. The molecule has 1 aliphatic rings. The molecule has 0 atom stereocenters. The molecule has 1 aromatic carbocycles. The monoisotopic (exact) mass is 519 g/mol. The molecule has 2 N–H and O–H groups in total. The lowest BCUT2D eigenvalue weighted by molar-refractivity contribution is -0.141.